The molecular weight excluding hydrogens is 298 g/mol. The second-order valence-electron chi connectivity index (χ2n) is 0.289. The van der Waals surface area contributed by atoms with Gasteiger partial charge in [0.2, 0.25) is 0 Å². The van der Waals surface area contributed by atoms with Crippen molar-refractivity contribution in [1.82, 2.24) is 0 Å². The van der Waals surface area contributed by atoms with Crippen molar-refractivity contribution in [2.24, 2.45) is 0 Å². The number of hydrogen-bond donors (Lipinski definition) is 2. The van der Waals surface area contributed by atoms with Crippen LogP contribution in [0.15, 0.2) is 0 Å². The average Bonchev–Trinajstić information content (AvgIpc) is 1.78. The summed E-state index contributed by atoms with van der Waals surface area (Å²) in [6.45, 7) is 0. The maximum absolute atomic E-state index is 7.00. The molecule has 0 bridgehead atoms. The fourth-order valence-electron chi connectivity index (χ4n) is 0. The Morgan fingerprint density at radius 1 is 1.00 bits per heavy atom. The normalized spacial score (nSPS) is 2.73. The molecule has 0 rings (SSSR count). The van der Waals surface area contributed by atoms with Gasteiger partial charge in [-0.05, 0) is 7.11 Å². The summed E-state index contributed by atoms with van der Waals surface area (Å²) in [5.74, 6) is 0. The molecule has 0 aliphatic carbocycles. The summed E-state index contributed by atoms with van der Waals surface area (Å²) in [5, 5.41) is 14.0. The molecule has 2 N–H and O–H groups in total. The fraction of sp³-hybridized carbons (Fsp3) is 0.833. The van der Waals surface area contributed by atoms with Gasteiger partial charge in [-0.2, -0.15) is 0 Å². The first-order valence-electron chi connectivity index (χ1n) is 1.59. The van der Waals surface area contributed by atoms with Gasteiger partial charge in [0.05, 0.1) is 0 Å². The average molecular weight is 322 g/mol. The standard InChI is InChI=1S/C2H5O.2CH4O.2CH4.2Y.H2/c1-3-2;2*1-2;;;;;/h1H2,2H3;2*2H,1H3;2*1H4;;;1H/q-1;;;;;;;/i;;;;;;;1+1. The van der Waals surface area contributed by atoms with Crippen LogP contribution in [0.4, 0.5) is 0 Å². The second kappa shape index (κ2) is 156. The molecule has 0 saturated carbocycles. The molecule has 0 aliphatic heterocycles. The number of hydrogen-bond acceptors (Lipinski definition) is 3. The van der Waals surface area contributed by atoms with Crippen molar-refractivity contribution in [3.63, 3.8) is 0 Å². The fourth-order valence-corrected chi connectivity index (χ4v) is 0. The molecule has 0 heterocycles. The molecule has 0 fully saturated rings. The van der Waals surface area contributed by atoms with Crippen molar-refractivity contribution < 1.29 is 81.8 Å². The zero-order valence-corrected chi connectivity index (χ0v) is 11.8. The van der Waals surface area contributed by atoms with Crippen LogP contribution in [0, 0.1) is 7.11 Å². The Kier molecular flexibility index (Phi) is 731. The van der Waals surface area contributed by atoms with Crippen LogP contribution in [0.1, 0.15) is 16.3 Å². The minimum atomic E-state index is 0. The zero-order chi connectivity index (χ0) is 6.71. The Labute approximate surface area is 124 Å². The van der Waals surface area contributed by atoms with Gasteiger partial charge in [0, 0.05) is 81.1 Å². The van der Waals surface area contributed by atoms with E-state index in [1.807, 2.05) is 0 Å². The predicted octanol–water partition coefficient (Wildman–Crippen LogP) is 1.15. The van der Waals surface area contributed by atoms with Gasteiger partial charge >= 0.3 is 0 Å². The molecule has 0 atom stereocenters. The van der Waals surface area contributed by atoms with Crippen LogP contribution in [0.3, 0.4) is 0 Å². The molecule has 2 radical (unpaired) electrons. The molecule has 11 heavy (non-hydrogen) atoms. The van der Waals surface area contributed by atoms with E-state index >= 15 is 0 Å². The summed E-state index contributed by atoms with van der Waals surface area (Å²) in [5.41, 5.74) is 0. The SMILES string of the molecule is C.C.CO.CO.[2HH].[CH2-]OC.[Y].[Y]. The predicted molar refractivity (Wildman–Crippen MR) is 44.2 cm³/mol. The minimum absolute atomic E-state index is 0. The van der Waals surface area contributed by atoms with Gasteiger partial charge in [0.1, 0.15) is 0 Å². The molecule has 0 aromatic carbocycles. The maximum atomic E-state index is 7.00. The molecule has 0 amide bonds. The molecule has 3 nitrogen and oxygen atoms in total. The molecule has 0 aromatic rings. The molecule has 0 aromatic heterocycles. The van der Waals surface area contributed by atoms with Crippen molar-refractivity contribution in [2.75, 3.05) is 21.3 Å². The summed E-state index contributed by atoms with van der Waals surface area (Å²) >= 11 is 0. The van der Waals surface area contributed by atoms with Gasteiger partial charge in [-0.15, -0.1) is 0 Å². The quantitative estimate of drug-likeness (QED) is 0.658. The molecule has 5 heteroatoms. The van der Waals surface area contributed by atoms with Crippen LogP contribution in [0.2, 0.25) is 0 Å². The smallest absolute Gasteiger partial charge is 0.0319 e. The first-order valence-corrected chi connectivity index (χ1v) is 1.59. The third kappa shape index (κ3) is 282. The number of rotatable bonds is 0. The van der Waals surface area contributed by atoms with Crippen LogP contribution >= 0.6 is 0 Å². The van der Waals surface area contributed by atoms with Crippen molar-refractivity contribution >= 4 is 0 Å². The molecule has 0 unspecified atom stereocenters. The largest absolute Gasteiger partial charge is 0.557 e. The second-order valence-corrected chi connectivity index (χ2v) is 0.289. The van der Waals surface area contributed by atoms with E-state index in [0.29, 0.717) is 0 Å². The van der Waals surface area contributed by atoms with Crippen molar-refractivity contribution in [3.8, 4) is 0 Å². The topological polar surface area (TPSA) is 49.7 Å². The van der Waals surface area contributed by atoms with Crippen molar-refractivity contribution in [3.05, 3.63) is 7.11 Å². The van der Waals surface area contributed by atoms with Crippen LogP contribution < -0.4 is 0 Å². The van der Waals surface area contributed by atoms with Crippen LogP contribution in [-0.4, -0.2) is 31.5 Å². The first kappa shape index (κ1) is 51.6. The summed E-state index contributed by atoms with van der Waals surface area (Å²) in [4.78, 5) is 0. The van der Waals surface area contributed by atoms with Gasteiger partial charge in [0.25, 0.3) is 0 Å². The van der Waals surface area contributed by atoms with Gasteiger partial charge < -0.3 is 14.9 Å². The molecule has 0 saturated heterocycles. The minimum Gasteiger partial charge on any atom is -0.557 e. The summed E-state index contributed by atoms with van der Waals surface area (Å²) in [6, 6.07) is 0. The van der Waals surface area contributed by atoms with Crippen molar-refractivity contribution in [1.29, 1.82) is 0 Å². The summed E-state index contributed by atoms with van der Waals surface area (Å²) < 4.78 is 4.00. The van der Waals surface area contributed by atoms with Gasteiger partial charge in [0.15, 0.2) is 0 Å². The zero-order valence-electron chi connectivity index (χ0n) is 6.16. The van der Waals surface area contributed by atoms with E-state index in [0.717, 1.165) is 14.2 Å². The van der Waals surface area contributed by atoms with Crippen LogP contribution in [0.25, 0.3) is 0 Å². The van der Waals surface area contributed by atoms with Gasteiger partial charge in [-0.25, -0.2) is 7.11 Å². The van der Waals surface area contributed by atoms with Crippen LogP contribution in [-0.2, 0) is 70.2 Å². The van der Waals surface area contributed by atoms with E-state index in [9.17, 15) is 0 Å². The van der Waals surface area contributed by atoms with E-state index in [2.05, 4.69) is 11.8 Å². The maximum Gasteiger partial charge on any atom is 0.0319 e. The monoisotopic (exact) mass is 322 g/mol. The Bertz CT molecular complexity index is 20.8. The Balaban J connectivity index is -0.00000000281. The molecule has 0 spiro atoms. The Morgan fingerprint density at radius 3 is 1.00 bits per heavy atom. The van der Waals surface area contributed by atoms with E-state index in [4.69, 9.17) is 10.2 Å². The first-order chi connectivity index (χ1) is 3.41. The van der Waals surface area contributed by atoms with Crippen LogP contribution in [0.5, 0.6) is 0 Å². The van der Waals surface area contributed by atoms with Gasteiger partial charge in [-0.1, -0.05) is 14.9 Å². The number of aliphatic hydroxyl groups excluding tert-OH is 2. The summed E-state index contributed by atoms with van der Waals surface area (Å²) in [6.07, 6.45) is 0. The van der Waals surface area contributed by atoms with E-state index in [1.165, 1.54) is 7.11 Å². The van der Waals surface area contributed by atoms with Crippen molar-refractivity contribution in [2.45, 2.75) is 14.9 Å². The third-order valence-corrected chi connectivity index (χ3v) is 0. The Morgan fingerprint density at radius 2 is 1.00 bits per heavy atom. The molecule has 0 aliphatic rings. The number of aliphatic hydroxyl groups is 2. The summed E-state index contributed by atoms with van der Waals surface area (Å²) in [7, 11) is 6.50. The van der Waals surface area contributed by atoms with E-state index in [1.54, 1.807) is 0 Å². The molecular formula is C6H23O3Y2-. The third-order valence-electron chi connectivity index (χ3n) is 0. The molecule has 72 valence electrons. The van der Waals surface area contributed by atoms with E-state index in [-0.39, 0.29) is 81.7 Å². The number of ether oxygens (including phenoxy) is 1. The number of methoxy groups -OCH3 is 1. The van der Waals surface area contributed by atoms with Gasteiger partial charge in [-0.3, -0.25) is 0 Å². The van der Waals surface area contributed by atoms with E-state index < -0.39 is 0 Å². The Hall–Kier alpha value is 2.09.